The van der Waals surface area contributed by atoms with E-state index in [-0.39, 0.29) is 42.1 Å². The third kappa shape index (κ3) is 7.20. The second kappa shape index (κ2) is 15.1. The Balaban J connectivity index is 1.14. The number of aliphatic hydroxyl groups is 2. The highest BCUT2D eigenvalue weighted by atomic mass is 16.6. The fourth-order valence-corrected chi connectivity index (χ4v) is 6.69. The Labute approximate surface area is 289 Å². The van der Waals surface area contributed by atoms with Crippen LogP contribution in [0.25, 0.3) is 0 Å². The number of rotatable bonds is 13. The topological polar surface area (TPSA) is 176 Å². The van der Waals surface area contributed by atoms with E-state index < -0.39 is 22.3 Å². The second-order valence-corrected chi connectivity index (χ2v) is 12.9. The molecule has 2 aliphatic rings. The molecule has 1 saturated heterocycles. The summed E-state index contributed by atoms with van der Waals surface area (Å²) >= 11 is 0. The van der Waals surface area contributed by atoms with Gasteiger partial charge in [-0.1, -0.05) is 66.8 Å². The summed E-state index contributed by atoms with van der Waals surface area (Å²) in [7, 11) is 0. The number of aliphatic hydroxyl groups excluding tert-OH is 1. The number of nitro benzene ring substituents is 1. The minimum absolute atomic E-state index is 0.0354. The van der Waals surface area contributed by atoms with E-state index >= 15 is 0 Å². The zero-order valence-electron chi connectivity index (χ0n) is 27.8. The molecule has 3 heterocycles. The first kappa shape index (κ1) is 34.6. The fraction of sp³-hybridized carbons (Fsp3) is 0.351. The molecular formula is C37H41N7O6. The quantitative estimate of drug-likeness (QED) is 0.0914. The molecule has 2 unspecified atom stereocenters. The molecule has 0 bridgehead atoms. The van der Waals surface area contributed by atoms with E-state index in [1.165, 1.54) is 23.1 Å². The average molecular weight is 680 g/mol. The van der Waals surface area contributed by atoms with E-state index in [0.29, 0.717) is 36.6 Å². The molecule has 4 aromatic rings. The third-order valence-electron chi connectivity index (χ3n) is 9.60. The number of hydrogen-bond acceptors (Lipinski definition) is 9. The molecule has 0 saturated carbocycles. The molecule has 6 rings (SSSR count). The van der Waals surface area contributed by atoms with Gasteiger partial charge < -0.3 is 25.7 Å². The molecule has 4 N–H and O–H groups in total. The van der Waals surface area contributed by atoms with E-state index in [9.17, 15) is 29.9 Å². The molecule has 13 heteroatoms. The normalized spacial score (nSPS) is 20.1. The van der Waals surface area contributed by atoms with E-state index in [0.717, 1.165) is 30.5 Å². The van der Waals surface area contributed by atoms with E-state index in [2.05, 4.69) is 20.9 Å². The first-order valence-electron chi connectivity index (χ1n) is 16.8. The van der Waals surface area contributed by atoms with Crippen molar-refractivity contribution in [1.82, 2.24) is 20.3 Å². The summed E-state index contributed by atoms with van der Waals surface area (Å²) in [6.45, 7) is 3.76. The van der Waals surface area contributed by atoms with Crippen molar-refractivity contribution < 1.29 is 24.7 Å². The van der Waals surface area contributed by atoms with Crippen LogP contribution in [-0.2, 0) is 28.3 Å². The van der Waals surface area contributed by atoms with Crippen LogP contribution in [0.15, 0.2) is 91.1 Å². The van der Waals surface area contributed by atoms with Gasteiger partial charge in [0.1, 0.15) is 0 Å². The van der Waals surface area contributed by atoms with Gasteiger partial charge in [0.05, 0.1) is 41.3 Å². The van der Waals surface area contributed by atoms with Gasteiger partial charge in [-0.05, 0) is 55.1 Å². The Morgan fingerprint density at radius 2 is 1.96 bits per heavy atom. The number of carbonyl (C=O) groups excluding carboxylic acids is 2. The molecule has 260 valence electrons. The fourth-order valence-electron chi connectivity index (χ4n) is 6.69. The average Bonchev–Trinajstić information content (AvgIpc) is 3.69. The maximum Gasteiger partial charge on any atom is 0.269 e. The van der Waals surface area contributed by atoms with Crippen molar-refractivity contribution in [3.05, 3.63) is 124 Å². The van der Waals surface area contributed by atoms with Crippen LogP contribution in [0.2, 0.25) is 0 Å². The number of allylic oxidation sites excluding steroid dienone is 1. The molecule has 1 aromatic heterocycles. The Kier molecular flexibility index (Phi) is 10.5. The largest absolute Gasteiger partial charge is 0.395 e. The first-order chi connectivity index (χ1) is 24.2. The molecule has 2 aliphatic heterocycles. The van der Waals surface area contributed by atoms with Crippen LogP contribution in [0, 0.1) is 22.0 Å². The predicted molar refractivity (Wildman–Crippen MR) is 187 cm³/mol. The molecule has 1 fully saturated rings. The molecule has 0 spiro atoms. The molecule has 0 aliphatic carbocycles. The van der Waals surface area contributed by atoms with Crippen LogP contribution in [0.5, 0.6) is 0 Å². The summed E-state index contributed by atoms with van der Waals surface area (Å²) in [5, 5.41) is 48.4. The number of nitrogens with zero attached hydrogens (tertiary/aromatic N) is 5. The number of carbonyl (C=O) groups is 2. The maximum absolute atomic E-state index is 14.0. The summed E-state index contributed by atoms with van der Waals surface area (Å²) in [6, 6.07) is 20.9. The van der Waals surface area contributed by atoms with Crippen molar-refractivity contribution in [2.24, 2.45) is 11.8 Å². The lowest BCUT2D eigenvalue weighted by Crippen LogP contribution is -2.44. The number of aryl methyl sites for hydroxylation is 1. The minimum atomic E-state index is -2.04. The number of nitrogens with one attached hydrogen (secondary N) is 2. The third-order valence-corrected chi connectivity index (χ3v) is 9.60. The molecule has 4 atom stereocenters. The highest BCUT2D eigenvalue weighted by Crippen LogP contribution is 2.47. The van der Waals surface area contributed by atoms with Crippen molar-refractivity contribution in [2.45, 2.75) is 50.8 Å². The van der Waals surface area contributed by atoms with Crippen molar-refractivity contribution >= 4 is 28.9 Å². The zero-order chi connectivity index (χ0) is 35.3. The van der Waals surface area contributed by atoms with Gasteiger partial charge in [0.15, 0.2) is 5.60 Å². The Hall–Kier alpha value is -5.24. The Bertz CT molecular complexity index is 1860. The van der Waals surface area contributed by atoms with Crippen LogP contribution < -0.4 is 15.5 Å². The SMILES string of the molecule is C[C@H](/C=C/CCn1cc(C(CO)c2ccccc2)nn1)[C@@]1(O)C(=O)N(Cc2ccc(NC(=O)C3CCCNC3)cc2)c2ccc([N+](=O)[O-])cc21. The van der Waals surface area contributed by atoms with Crippen LogP contribution in [0.4, 0.5) is 17.1 Å². The predicted octanol–water partition coefficient (Wildman–Crippen LogP) is 4.27. The summed E-state index contributed by atoms with van der Waals surface area (Å²) in [6.07, 6.45) is 7.68. The first-order valence-corrected chi connectivity index (χ1v) is 16.8. The zero-order valence-corrected chi connectivity index (χ0v) is 27.8. The van der Waals surface area contributed by atoms with Gasteiger partial charge in [-0.2, -0.15) is 0 Å². The number of amides is 2. The lowest BCUT2D eigenvalue weighted by molar-refractivity contribution is -0.385. The summed E-state index contributed by atoms with van der Waals surface area (Å²) in [5.41, 5.74) is 1.31. The lowest BCUT2D eigenvalue weighted by atomic mass is 9.82. The van der Waals surface area contributed by atoms with Gasteiger partial charge in [-0.25, -0.2) is 0 Å². The van der Waals surface area contributed by atoms with Crippen molar-refractivity contribution in [2.75, 3.05) is 29.9 Å². The highest BCUT2D eigenvalue weighted by molar-refractivity contribution is 6.07. The highest BCUT2D eigenvalue weighted by Gasteiger charge is 2.53. The van der Waals surface area contributed by atoms with Gasteiger partial charge >= 0.3 is 0 Å². The van der Waals surface area contributed by atoms with Gasteiger partial charge in [0, 0.05) is 48.6 Å². The smallest absolute Gasteiger partial charge is 0.269 e. The summed E-state index contributed by atoms with van der Waals surface area (Å²) in [5.74, 6) is -1.72. The minimum Gasteiger partial charge on any atom is -0.395 e. The number of anilines is 2. The Morgan fingerprint density at radius 1 is 1.18 bits per heavy atom. The van der Waals surface area contributed by atoms with E-state index in [1.54, 1.807) is 36.0 Å². The number of piperidine rings is 1. The molecule has 2 amide bonds. The van der Waals surface area contributed by atoms with Crippen LogP contribution in [-0.4, -0.2) is 61.6 Å². The number of nitro groups is 1. The number of benzene rings is 3. The van der Waals surface area contributed by atoms with Crippen molar-refractivity contribution in [1.29, 1.82) is 0 Å². The van der Waals surface area contributed by atoms with Gasteiger partial charge in [-0.3, -0.25) is 24.4 Å². The van der Waals surface area contributed by atoms with E-state index in [4.69, 9.17) is 0 Å². The molecule has 0 radical (unpaired) electrons. The van der Waals surface area contributed by atoms with Gasteiger partial charge in [0.2, 0.25) is 5.91 Å². The molecular weight excluding hydrogens is 638 g/mol. The van der Waals surface area contributed by atoms with Crippen LogP contribution in [0.3, 0.4) is 0 Å². The maximum atomic E-state index is 14.0. The number of hydrogen-bond donors (Lipinski definition) is 4. The lowest BCUT2D eigenvalue weighted by Gasteiger charge is -2.27. The van der Waals surface area contributed by atoms with Crippen molar-refractivity contribution in [3.63, 3.8) is 0 Å². The standard InChI is InChI=1S/C37H41N7O6/c1-25(8-5-6-19-42-23-33(40-41-42)31(24-45)27-9-3-2-4-10-27)37(48)32-20-30(44(49)50)16-17-34(32)43(36(37)47)22-26-12-14-29(15-13-26)39-35(46)28-11-7-18-38-21-28/h2-5,8-10,12-17,20,23,25,28,31,38,45,48H,6-7,11,18-19,21-22,24H2,1H3,(H,39,46)/b8-5+/t25-,28?,31?,37+/m1/s1. The van der Waals surface area contributed by atoms with Crippen molar-refractivity contribution in [3.8, 4) is 0 Å². The van der Waals surface area contributed by atoms with Gasteiger partial charge in [0.25, 0.3) is 11.6 Å². The Morgan fingerprint density at radius 3 is 2.66 bits per heavy atom. The second-order valence-electron chi connectivity index (χ2n) is 12.9. The number of non-ortho nitro benzene ring substituents is 1. The molecule has 50 heavy (non-hydrogen) atoms. The van der Waals surface area contributed by atoms with Gasteiger partial charge in [-0.15, -0.1) is 5.10 Å². The number of aromatic nitrogens is 3. The molecule has 13 nitrogen and oxygen atoms in total. The number of fused-ring (bicyclic) bond motifs is 1. The summed E-state index contributed by atoms with van der Waals surface area (Å²) in [4.78, 5) is 39.3. The molecule has 3 aromatic carbocycles. The van der Waals surface area contributed by atoms with Crippen LogP contribution >= 0.6 is 0 Å². The summed E-state index contributed by atoms with van der Waals surface area (Å²) < 4.78 is 1.68. The monoisotopic (exact) mass is 679 g/mol. The van der Waals surface area contributed by atoms with Crippen LogP contribution in [0.1, 0.15) is 54.5 Å². The van der Waals surface area contributed by atoms with E-state index in [1.807, 2.05) is 48.5 Å².